The lowest BCUT2D eigenvalue weighted by atomic mass is 10.0. The summed E-state index contributed by atoms with van der Waals surface area (Å²) in [5.41, 5.74) is 8.24. The predicted octanol–water partition coefficient (Wildman–Crippen LogP) is 1.74. The van der Waals surface area contributed by atoms with Crippen molar-refractivity contribution in [3.8, 4) is 0 Å². The van der Waals surface area contributed by atoms with Crippen LogP contribution in [0.5, 0.6) is 0 Å². The molecule has 0 unspecified atom stereocenters. The van der Waals surface area contributed by atoms with Crippen molar-refractivity contribution in [2.45, 2.75) is 19.9 Å². The van der Waals surface area contributed by atoms with E-state index in [9.17, 15) is 4.79 Å². The minimum absolute atomic E-state index is 0.0546. The summed E-state index contributed by atoms with van der Waals surface area (Å²) in [6.07, 6.45) is 0. The first-order valence-electron chi connectivity index (χ1n) is 5.30. The quantitative estimate of drug-likeness (QED) is 0.810. The van der Waals surface area contributed by atoms with Crippen LogP contribution < -0.4 is 5.73 Å². The Balaban J connectivity index is 2.27. The Bertz CT molecular complexity index is 439. The van der Waals surface area contributed by atoms with Gasteiger partial charge in [0.25, 0.3) is 5.91 Å². The SMILES string of the molecule is Cc1cc(C(=O)N2CC(N)C2)c(C)cc1Cl. The second kappa shape index (κ2) is 4.07. The molecule has 1 amide bonds. The Kier molecular flexibility index (Phi) is 2.91. The van der Waals surface area contributed by atoms with Crippen LogP contribution in [0.15, 0.2) is 12.1 Å². The highest BCUT2D eigenvalue weighted by Gasteiger charge is 2.29. The van der Waals surface area contributed by atoms with E-state index in [0.29, 0.717) is 18.1 Å². The second-order valence-corrected chi connectivity index (χ2v) is 4.79. The van der Waals surface area contributed by atoms with Crippen molar-refractivity contribution in [1.82, 2.24) is 4.90 Å². The molecule has 1 saturated heterocycles. The maximum absolute atomic E-state index is 12.1. The Morgan fingerprint density at radius 3 is 2.56 bits per heavy atom. The van der Waals surface area contributed by atoms with E-state index < -0.39 is 0 Å². The van der Waals surface area contributed by atoms with E-state index in [1.807, 2.05) is 26.0 Å². The molecule has 1 aliphatic rings. The molecular formula is C12H15ClN2O. The van der Waals surface area contributed by atoms with Gasteiger partial charge >= 0.3 is 0 Å². The molecule has 16 heavy (non-hydrogen) atoms. The number of amides is 1. The van der Waals surface area contributed by atoms with Gasteiger partial charge in [0.2, 0.25) is 0 Å². The monoisotopic (exact) mass is 238 g/mol. The zero-order chi connectivity index (χ0) is 11.9. The van der Waals surface area contributed by atoms with E-state index in [0.717, 1.165) is 16.7 Å². The topological polar surface area (TPSA) is 46.3 Å². The minimum atomic E-state index is 0.0546. The van der Waals surface area contributed by atoms with Gasteiger partial charge < -0.3 is 10.6 Å². The Labute approximate surface area is 100 Å². The van der Waals surface area contributed by atoms with Gasteiger partial charge in [-0.05, 0) is 37.1 Å². The van der Waals surface area contributed by atoms with Gasteiger partial charge in [-0.1, -0.05) is 11.6 Å². The average molecular weight is 239 g/mol. The van der Waals surface area contributed by atoms with Crippen LogP contribution in [0.4, 0.5) is 0 Å². The maximum atomic E-state index is 12.1. The maximum Gasteiger partial charge on any atom is 0.254 e. The van der Waals surface area contributed by atoms with Crippen molar-refractivity contribution in [2.24, 2.45) is 5.73 Å². The summed E-state index contributed by atoms with van der Waals surface area (Å²) in [7, 11) is 0. The van der Waals surface area contributed by atoms with Crippen molar-refractivity contribution in [3.63, 3.8) is 0 Å². The molecule has 0 atom stereocenters. The number of carbonyl (C=O) groups excluding carboxylic acids is 1. The average Bonchev–Trinajstić information content (AvgIpc) is 2.18. The second-order valence-electron chi connectivity index (χ2n) is 4.39. The predicted molar refractivity (Wildman–Crippen MR) is 64.8 cm³/mol. The summed E-state index contributed by atoms with van der Waals surface area (Å²) in [5, 5.41) is 0.703. The van der Waals surface area contributed by atoms with Crippen LogP contribution in [0.3, 0.4) is 0 Å². The lowest BCUT2D eigenvalue weighted by molar-refractivity contribution is 0.0607. The third kappa shape index (κ3) is 1.93. The molecule has 0 aliphatic carbocycles. The number of benzene rings is 1. The zero-order valence-electron chi connectivity index (χ0n) is 9.46. The highest BCUT2D eigenvalue weighted by Crippen LogP contribution is 2.22. The largest absolute Gasteiger partial charge is 0.335 e. The molecule has 0 aromatic heterocycles. The summed E-state index contributed by atoms with van der Waals surface area (Å²) in [5.74, 6) is 0.0546. The van der Waals surface area contributed by atoms with E-state index >= 15 is 0 Å². The first-order valence-corrected chi connectivity index (χ1v) is 5.68. The standard InChI is InChI=1S/C12H15ClN2O/c1-7-4-11(13)8(2)3-10(7)12(16)15-5-9(14)6-15/h3-4,9H,5-6,14H2,1-2H3. The number of hydrogen-bond donors (Lipinski definition) is 1. The molecule has 86 valence electrons. The highest BCUT2D eigenvalue weighted by atomic mass is 35.5. The van der Waals surface area contributed by atoms with Gasteiger partial charge in [0.15, 0.2) is 0 Å². The van der Waals surface area contributed by atoms with Crippen molar-refractivity contribution < 1.29 is 4.79 Å². The molecule has 0 radical (unpaired) electrons. The van der Waals surface area contributed by atoms with Crippen molar-refractivity contribution in [2.75, 3.05) is 13.1 Å². The summed E-state index contributed by atoms with van der Waals surface area (Å²) in [4.78, 5) is 13.8. The number of nitrogens with zero attached hydrogens (tertiary/aromatic N) is 1. The molecule has 3 nitrogen and oxygen atoms in total. The molecule has 2 N–H and O–H groups in total. The highest BCUT2D eigenvalue weighted by molar-refractivity contribution is 6.31. The summed E-state index contributed by atoms with van der Waals surface area (Å²) in [6.45, 7) is 5.11. The normalized spacial score (nSPS) is 16.1. The molecule has 0 saturated carbocycles. The van der Waals surface area contributed by atoms with Crippen molar-refractivity contribution in [3.05, 3.63) is 33.8 Å². The minimum Gasteiger partial charge on any atom is -0.335 e. The summed E-state index contributed by atoms with van der Waals surface area (Å²) < 4.78 is 0. The number of halogens is 1. The van der Waals surface area contributed by atoms with Gasteiger partial charge in [-0.25, -0.2) is 0 Å². The molecule has 1 fully saturated rings. The summed E-state index contributed by atoms with van der Waals surface area (Å²) in [6, 6.07) is 3.82. The fraction of sp³-hybridized carbons (Fsp3) is 0.417. The van der Waals surface area contributed by atoms with Crippen LogP contribution in [-0.2, 0) is 0 Å². The molecule has 4 heteroatoms. The van der Waals surface area contributed by atoms with Crippen LogP contribution >= 0.6 is 11.6 Å². The smallest absolute Gasteiger partial charge is 0.254 e. The third-order valence-electron chi connectivity index (χ3n) is 2.93. The lowest BCUT2D eigenvalue weighted by Crippen LogP contribution is -2.57. The van der Waals surface area contributed by atoms with Crippen LogP contribution in [0.2, 0.25) is 5.02 Å². The Hall–Kier alpha value is -1.06. The number of rotatable bonds is 1. The van der Waals surface area contributed by atoms with Crippen molar-refractivity contribution in [1.29, 1.82) is 0 Å². The molecule has 1 heterocycles. The van der Waals surface area contributed by atoms with Gasteiger partial charge in [-0.2, -0.15) is 0 Å². The fourth-order valence-electron chi connectivity index (χ4n) is 1.86. The first kappa shape index (κ1) is 11.4. The molecule has 1 aliphatic heterocycles. The first-order chi connectivity index (χ1) is 7.49. The van der Waals surface area contributed by atoms with Gasteiger partial charge in [0.05, 0.1) is 0 Å². The van der Waals surface area contributed by atoms with Crippen LogP contribution in [-0.4, -0.2) is 29.9 Å². The molecule has 2 rings (SSSR count). The lowest BCUT2D eigenvalue weighted by Gasteiger charge is -2.37. The van der Waals surface area contributed by atoms with E-state index in [-0.39, 0.29) is 11.9 Å². The molecule has 0 bridgehead atoms. The van der Waals surface area contributed by atoms with E-state index in [1.54, 1.807) is 4.90 Å². The number of nitrogens with two attached hydrogens (primary N) is 1. The summed E-state index contributed by atoms with van der Waals surface area (Å²) >= 11 is 6.00. The van der Waals surface area contributed by atoms with E-state index in [4.69, 9.17) is 17.3 Å². The number of hydrogen-bond acceptors (Lipinski definition) is 2. The number of aryl methyl sites for hydroxylation is 2. The number of likely N-dealkylation sites (tertiary alicyclic amines) is 1. The van der Waals surface area contributed by atoms with Gasteiger partial charge in [-0.3, -0.25) is 4.79 Å². The van der Waals surface area contributed by atoms with E-state index in [2.05, 4.69) is 0 Å². The Morgan fingerprint density at radius 2 is 2.00 bits per heavy atom. The van der Waals surface area contributed by atoms with Crippen LogP contribution in [0.25, 0.3) is 0 Å². The third-order valence-corrected chi connectivity index (χ3v) is 3.34. The van der Waals surface area contributed by atoms with Gasteiger partial charge in [0, 0.05) is 29.7 Å². The number of carbonyl (C=O) groups is 1. The van der Waals surface area contributed by atoms with E-state index in [1.165, 1.54) is 0 Å². The van der Waals surface area contributed by atoms with Crippen molar-refractivity contribution >= 4 is 17.5 Å². The van der Waals surface area contributed by atoms with Gasteiger partial charge in [0.1, 0.15) is 0 Å². The van der Waals surface area contributed by atoms with Crippen LogP contribution in [0, 0.1) is 13.8 Å². The molecular weight excluding hydrogens is 224 g/mol. The molecule has 0 spiro atoms. The zero-order valence-corrected chi connectivity index (χ0v) is 10.2. The fourth-order valence-corrected chi connectivity index (χ4v) is 2.08. The van der Waals surface area contributed by atoms with Gasteiger partial charge in [-0.15, -0.1) is 0 Å². The Morgan fingerprint density at radius 1 is 1.38 bits per heavy atom. The molecule has 1 aromatic rings. The molecule has 1 aromatic carbocycles. The van der Waals surface area contributed by atoms with Crippen LogP contribution in [0.1, 0.15) is 21.5 Å².